The van der Waals surface area contributed by atoms with E-state index in [1.807, 2.05) is 51.1 Å². The maximum atomic E-state index is 12.4. The van der Waals surface area contributed by atoms with Crippen LogP contribution in [0.1, 0.15) is 42.3 Å². The molecule has 0 spiro atoms. The van der Waals surface area contributed by atoms with Crippen molar-refractivity contribution in [3.63, 3.8) is 0 Å². The van der Waals surface area contributed by atoms with Crippen molar-refractivity contribution >= 4 is 23.2 Å². The highest BCUT2D eigenvalue weighted by atomic mass is 35.5. The van der Waals surface area contributed by atoms with Gasteiger partial charge < -0.3 is 5.32 Å². The fourth-order valence-corrected chi connectivity index (χ4v) is 2.51. The van der Waals surface area contributed by atoms with E-state index in [2.05, 4.69) is 11.2 Å². The van der Waals surface area contributed by atoms with Crippen molar-refractivity contribution < 1.29 is 4.79 Å². The first-order valence-corrected chi connectivity index (χ1v) is 7.93. The van der Waals surface area contributed by atoms with Crippen LogP contribution in [0.5, 0.6) is 0 Å². The average Bonchev–Trinajstić information content (AvgIpc) is 2.55. The Labute approximate surface area is 142 Å². The summed E-state index contributed by atoms with van der Waals surface area (Å²) in [6, 6.07) is 12.9. The van der Waals surface area contributed by atoms with Crippen LogP contribution >= 0.6 is 11.6 Å². The predicted octanol–water partition coefficient (Wildman–Crippen LogP) is 5.07. The third-order valence-corrected chi connectivity index (χ3v) is 4.26. The monoisotopic (exact) mass is 325 g/mol. The summed E-state index contributed by atoms with van der Waals surface area (Å²) in [5.74, 6) is 2.60. The number of benzene rings is 2. The number of terminal acetylenes is 1. The Bertz CT molecular complexity index is 771. The summed E-state index contributed by atoms with van der Waals surface area (Å²) in [6.45, 7) is 5.95. The molecule has 0 atom stereocenters. The van der Waals surface area contributed by atoms with E-state index >= 15 is 0 Å². The van der Waals surface area contributed by atoms with E-state index in [0.29, 0.717) is 10.6 Å². The Kier molecular flexibility index (Phi) is 5.13. The first-order valence-electron chi connectivity index (χ1n) is 7.55. The van der Waals surface area contributed by atoms with E-state index in [4.69, 9.17) is 18.0 Å². The molecule has 0 aliphatic carbocycles. The Morgan fingerprint density at radius 2 is 2.00 bits per heavy atom. The van der Waals surface area contributed by atoms with Gasteiger partial charge in [-0.05, 0) is 61.7 Å². The van der Waals surface area contributed by atoms with Gasteiger partial charge in [0.1, 0.15) is 0 Å². The molecule has 1 amide bonds. The SMILES string of the molecule is C#CC(C)(C)c1cccc(NC(=O)c2ccc(Cl)c(CC)c2)c1. The molecule has 0 saturated heterocycles. The maximum Gasteiger partial charge on any atom is 0.255 e. The van der Waals surface area contributed by atoms with Crippen molar-refractivity contribution in [2.75, 3.05) is 5.32 Å². The van der Waals surface area contributed by atoms with Crippen LogP contribution in [-0.4, -0.2) is 5.91 Å². The summed E-state index contributed by atoms with van der Waals surface area (Å²) >= 11 is 6.10. The van der Waals surface area contributed by atoms with Gasteiger partial charge in [-0.25, -0.2) is 0 Å². The Balaban J connectivity index is 2.24. The minimum atomic E-state index is -0.379. The first kappa shape index (κ1) is 17.1. The molecular formula is C20H20ClNO. The molecule has 0 saturated carbocycles. The molecule has 23 heavy (non-hydrogen) atoms. The van der Waals surface area contributed by atoms with Crippen LogP contribution in [0, 0.1) is 12.3 Å². The van der Waals surface area contributed by atoms with Crippen molar-refractivity contribution in [3.8, 4) is 12.3 Å². The highest BCUT2D eigenvalue weighted by molar-refractivity contribution is 6.31. The van der Waals surface area contributed by atoms with Gasteiger partial charge in [0.25, 0.3) is 5.91 Å². The quantitative estimate of drug-likeness (QED) is 0.782. The zero-order valence-electron chi connectivity index (χ0n) is 13.6. The molecule has 1 N–H and O–H groups in total. The smallest absolute Gasteiger partial charge is 0.255 e. The van der Waals surface area contributed by atoms with E-state index in [9.17, 15) is 4.79 Å². The zero-order valence-corrected chi connectivity index (χ0v) is 14.4. The van der Waals surface area contributed by atoms with Gasteiger partial charge in [0.2, 0.25) is 0 Å². The number of nitrogens with one attached hydrogen (secondary N) is 1. The summed E-state index contributed by atoms with van der Waals surface area (Å²) in [4.78, 5) is 12.4. The largest absolute Gasteiger partial charge is 0.322 e. The number of anilines is 1. The number of amides is 1. The molecule has 2 nitrogen and oxygen atoms in total. The molecule has 0 aliphatic heterocycles. The Morgan fingerprint density at radius 1 is 1.26 bits per heavy atom. The lowest BCUT2D eigenvalue weighted by molar-refractivity contribution is 0.102. The summed E-state index contributed by atoms with van der Waals surface area (Å²) in [7, 11) is 0. The van der Waals surface area contributed by atoms with Crippen molar-refractivity contribution in [3.05, 3.63) is 64.2 Å². The number of halogens is 1. The van der Waals surface area contributed by atoms with Crippen LogP contribution in [0.2, 0.25) is 5.02 Å². The van der Waals surface area contributed by atoms with E-state index in [0.717, 1.165) is 23.2 Å². The summed E-state index contributed by atoms with van der Waals surface area (Å²) in [5, 5.41) is 3.60. The number of rotatable bonds is 4. The fraction of sp³-hybridized carbons (Fsp3) is 0.250. The minimum absolute atomic E-state index is 0.160. The molecule has 0 radical (unpaired) electrons. The zero-order chi connectivity index (χ0) is 17.0. The van der Waals surface area contributed by atoms with Crippen molar-refractivity contribution in [1.82, 2.24) is 0 Å². The van der Waals surface area contributed by atoms with E-state index < -0.39 is 0 Å². The fourth-order valence-electron chi connectivity index (χ4n) is 2.26. The maximum absolute atomic E-state index is 12.4. The van der Waals surface area contributed by atoms with E-state index in [1.165, 1.54) is 0 Å². The predicted molar refractivity (Wildman–Crippen MR) is 97.1 cm³/mol. The summed E-state index contributed by atoms with van der Waals surface area (Å²) in [5.41, 5.74) is 2.89. The van der Waals surface area contributed by atoms with Crippen LogP contribution in [0.4, 0.5) is 5.69 Å². The van der Waals surface area contributed by atoms with E-state index in [-0.39, 0.29) is 11.3 Å². The average molecular weight is 326 g/mol. The van der Waals surface area contributed by atoms with Gasteiger partial charge in [0, 0.05) is 16.3 Å². The normalized spacial score (nSPS) is 10.9. The van der Waals surface area contributed by atoms with Crippen molar-refractivity contribution in [2.45, 2.75) is 32.6 Å². The molecule has 0 heterocycles. The molecule has 0 aliphatic rings. The topological polar surface area (TPSA) is 29.1 Å². The second-order valence-electron chi connectivity index (χ2n) is 5.96. The molecular weight excluding hydrogens is 306 g/mol. The molecule has 2 aromatic carbocycles. The molecule has 0 unspecified atom stereocenters. The molecule has 2 aromatic rings. The van der Waals surface area contributed by atoms with Gasteiger partial charge in [0.05, 0.1) is 5.41 Å². The van der Waals surface area contributed by atoms with Gasteiger partial charge in [0.15, 0.2) is 0 Å². The van der Waals surface area contributed by atoms with Gasteiger partial charge in [-0.15, -0.1) is 6.42 Å². The number of aryl methyl sites for hydroxylation is 1. The van der Waals surface area contributed by atoms with Crippen LogP contribution in [-0.2, 0) is 11.8 Å². The van der Waals surface area contributed by atoms with Gasteiger partial charge in [-0.2, -0.15) is 0 Å². The minimum Gasteiger partial charge on any atom is -0.322 e. The van der Waals surface area contributed by atoms with Gasteiger partial charge in [-0.1, -0.05) is 36.6 Å². The molecule has 0 fully saturated rings. The molecule has 0 aromatic heterocycles. The van der Waals surface area contributed by atoms with Crippen molar-refractivity contribution in [1.29, 1.82) is 0 Å². The van der Waals surface area contributed by atoms with Crippen LogP contribution < -0.4 is 5.32 Å². The highest BCUT2D eigenvalue weighted by Crippen LogP contribution is 2.25. The number of hydrogen-bond acceptors (Lipinski definition) is 1. The first-order chi connectivity index (χ1) is 10.9. The van der Waals surface area contributed by atoms with Gasteiger partial charge in [-0.3, -0.25) is 4.79 Å². The number of carbonyl (C=O) groups is 1. The standard InChI is InChI=1S/C20H20ClNO/c1-5-14-12-15(10-11-18(14)21)19(23)22-17-9-7-8-16(13-17)20(3,4)6-2/h2,7-13H,5H2,1,3-4H3,(H,22,23). The van der Waals surface area contributed by atoms with Crippen LogP contribution in [0.25, 0.3) is 0 Å². The molecule has 0 bridgehead atoms. The summed E-state index contributed by atoms with van der Waals surface area (Å²) < 4.78 is 0. The number of hydrogen-bond donors (Lipinski definition) is 1. The lowest BCUT2D eigenvalue weighted by atomic mass is 9.85. The molecule has 118 valence electrons. The summed E-state index contributed by atoms with van der Waals surface area (Å²) in [6.07, 6.45) is 6.36. The van der Waals surface area contributed by atoms with E-state index in [1.54, 1.807) is 12.1 Å². The van der Waals surface area contributed by atoms with Crippen LogP contribution in [0.15, 0.2) is 42.5 Å². The lowest BCUT2D eigenvalue weighted by Gasteiger charge is -2.19. The van der Waals surface area contributed by atoms with Gasteiger partial charge >= 0.3 is 0 Å². The highest BCUT2D eigenvalue weighted by Gasteiger charge is 2.17. The molecule has 3 heteroatoms. The second-order valence-corrected chi connectivity index (χ2v) is 6.37. The Morgan fingerprint density at radius 3 is 2.65 bits per heavy atom. The molecule has 2 rings (SSSR count). The second kappa shape index (κ2) is 6.89. The van der Waals surface area contributed by atoms with Crippen LogP contribution in [0.3, 0.4) is 0 Å². The Hall–Kier alpha value is -2.24. The van der Waals surface area contributed by atoms with Crippen molar-refractivity contribution in [2.24, 2.45) is 0 Å². The third-order valence-electron chi connectivity index (χ3n) is 3.89. The third kappa shape index (κ3) is 3.94. The lowest BCUT2D eigenvalue weighted by Crippen LogP contribution is -2.16. The number of carbonyl (C=O) groups excluding carboxylic acids is 1.